The number of rotatable bonds is 4. The van der Waals surface area contributed by atoms with Gasteiger partial charge in [0.25, 0.3) is 0 Å². The second-order valence-electron chi connectivity index (χ2n) is 3.94. The Labute approximate surface area is 100 Å². The summed E-state index contributed by atoms with van der Waals surface area (Å²) in [4.78, 5) is 0. The summed E-state index contributed by atoms with van der Waals surface area (Å²) < 4.78 is 5.93. The molecule has 3 heteroatoms. The van der Waals surface area contributed by atoms with Crippen molar-refractivity contribution in [2.45, 2.75) is 13.0 Å². The maximum atomic E-state index is 5.93. The molecule has 1 unspecified atom stereocenters. The van der Waals surface area contributed by atoms with Gasteiger partial charge >= 0.3 is 0 Å². The summed E-state index contributed by atoms with van der Waals surface area (Å²) in [6.45, 7) is 2.08. The van der Waals surface area contributed by atoms with Gasteiger partial charge in [0.2, 0.25) is 0 Å². The molecule has 0 amide bonds. The monoisotopic (exact) mass is 235 g/mol. The van der Waals surface area contributed by atoms with Gasteiger partial charge < -0.3 is 9.73 Å². The van der Waals surface area contributed by atoms with Crippen LogP contribution >= 0.6 is 11.8 Å². The van der Waals surface area contributed by atoms with Crippen molar-refractivity contribution in [2.24, 2.45) is 0 Å². The Morgan fingerprint density at radius 2 is 2.25 bits per heavy atom. The summed E-state index contributed by atoms with van der Waals surface area (Å²) in [6, 6.07) is 8.68. The van der Waals surface area contributed by atoms with Crippen LogP contribution in [0.3, 0.4) is 0 Å². The lowest BCUT2D eigenvalue weighted by Gasteiger charge is -2.10. The number of thioether (sulfide) groups is 1. The molecule has 1 heterocycles. The highest BCUT2D eigenvalue weighted by atomic mass is 32.2. The van der Waals surface area contributed by atoms with Crippen molar-refractivity contribution < 1.29 is 4.42 Å². The van der Waals surface area contributed by atoms with Crippen molar-refractivity contribution in [3.05, 3.63) is 35.6 Å². The Kier molecular flexibility index (Phi) is 3.56. The van der Waals surface area contributed by atoms with Crippen LogP contribution in [0.1, 0.15) is 17.4 Å². The number of furan rings is 1. The molecule has 1 aromatic heterocycles. The number of para-hydroxylation sites is 1. The highest BCUT2D eigenvalue weighted by molar-refractivity contribution is 7.98. The SMILES string of the molecule is CNC(CSC)c1cc2cccc(C)c2o1. The Balaban J connectivity index is 2.42. The number of fused-ring (bicyclic) bond motifs is 1. The number of hydrogen-bond donors (Lipinski definition) is 1. The van der Waals surface area contributed by atoms with Gasteiger partial charge in [-0.25, -0.2) is 0 Å². The molecule has 0 spiro atoms. The molecule has 0 aliphatic rings. The Bertz CT molecular complexity index is 478. The van der Waals surface area contributed by atoms with E-state index in [4.69, 9.17) is 4.42 Å². The fraction of sp³-hybridized carbons (Fsp3) is 0.385. The molecule has 0 fully saturated rings. The van der Waals surface area contributed by atoms with Crippen LogP contribution < -0.4 is 5.32 Å². The predicted molar refractivity (Wildman–Crippen MR) is 71.1 cm³/mol. The predicted octanol–water partition coefficient (Wildman–Crippen LogP) is 3.36. The molecular formula is C13H17NOS. The van der Waals surface area contributed by atoms with Crippen LogP contribution in [-0.2, 0) is 0 Å². The van der Waals surface area contributed by atoms with Crippen molar-refractivity contribution in [3.8, 4) is 0 Å². The number of aryl methyl sites for hydroxylation is 1. The fourth-order valence-electron chi connectivity index (χ4n) is 1.87. The lowest BCUT2D eigenvalue weighted by atomic mass is 10.1. The summed E-state index contributed by atoms with van der Waals surface area (Å²) in [7, 11) is 1.97. The first-order valence-corrected chi connectivity index (χ1v) is 6.81. The van der Waals surface area contributed by atoms with Crippen molar-refractivity contribution in [1.82, 2.24) is 5.32 Å². The molecule has 16 heavy (non-hydrogen) atoms. The maximum Gasteiger partial charge on any atom is 0.137 e. The van der Waals surface area contributed by atoms with E-state index >= 15 is 0 Å². The third-order valence-electron chi connectivity index (χ3n) is 2.79. The van der Waals surface area contributed by atoms with Crippen LogP contribution in [0, 0.1) is 6.92 Å². The molecule has 0 aliphatic heterocycles. The number of hydrogen-bond acceptors (Lipinski definition) is 3. The van der Waals surface area contributed by atoms with Gasteiger partial charge in [0.05, 0.1) is 6.04 Å². The quantitative estimate of drug-likeness (QED) is 0.879. The van der Waals surface area contributed by atoms with Crippen molar-refractivity contribution in [2.75, 3.05) is 19.1 Å². The van der Waals surface area contributed by atoms with Crippen molar-refractivity contribution in [3.63, 3.8) is 0 Å². The normalized spacial score (nSPS) is 13.2. The molecule has 1 N–H and O–H groups in total. The van der Waals surface area contributed by atoms with Gasteiger partial charge in [-0.05, 0) is 31.9 Å². The van der Waals surface area contributed by atoms with E-state index in [2.05, 4.69) is 42.8 Å². The van der Waals surface area contributed by atoms with Gasteiger partial charge in [-0.15, -0.1) is 0 Å². The molecule has 2 nitrogen and oxygen atoms in total. The first kappa shape index (κ1) is 11.6. The standard InChI is InChI=1S/C13H17NOS/c1-9-5-4-6-10-7-12(15-13(9)10)11(14-2)8-16-3/h4-7,11,14H,8H2,1-3H3. The molecule has 0 bridgehead atoms. The van der Waals surface area contributed by atoms with E-state index in [1.165, 1.54) is 10.9 Å². The Morgan fingerprint density at radius 1 is 1.44 bits per heavy atom. The summed E-state index contributed by atoms with van der Waals surface area (Å²) in [5.41, 5.74) is 2.21. The number of benzene rings is 1. The van der Waals surface area contributed by atoms with E-state index in [9.17, 15) is 0 Å². The van der Waals surface area contributed by atoms with Gasteiger partial charge in [0.1, 0.15) is 11.3 Å². The van der Waals surface area contributed by atoms with Crippen LogP contribution in [0.2, 0.25) is 0 Å². The molecule has 2 aromatic rings. The Morgan fingerprint density at radius 3 is 2.88 bits per heavy atom. The summed E-state index contributed by atoms with van der Waals surface area (Å²) in [5.74, 6) is 2.05. The van der Waals surface area contributed by atoms with Gasteiger partial charge in [-0.1, -0.05) is 18.2 Å². The molecule has 0 saturated heterocycles. The highest BCUT2D eigenvalue weighted by Crippen LogP contribution is 2.27. The van der Waals surface area contributed by atoms with E-state index in [0.717, 1.165) is 17.1 Å². The van der Waals surface area contributed by atoms with Gasteiger partial charge in [0.15, 0.2) is 0 Å². The van der Waals surface area contributed by atoms with E-state index in [1.54, 1.807) is 0 Å². The van der Waals surface area contributed by atoms with Gasteiger partial charge in [-0.3, -0.25) is 0 Å². The molecule has 0 saturated carbocycles. The number of nitrogens with one attached hydrogen (secondary N) is 1. The Hall–Kier alpha value is -0.930. The third-order valence-corrected chi connectivity index (χ3v) is 3.45. The van der Waals surface area contributed by atoms with Crippen molar-refractivity contribution in [1.29, 1.82) is 0 Å². The smallest absolute Gasteiger partial charge is 0.137 e. The molecule has 1 aromatic carbocycles. The molecule has 0 radical (unpaired) electrons. The zero-order chi connectivity index (χ0) is 11.5. The first-order valence-electron chi connectivity index (χ1n) is 5.41. The van der Waals surface area contributed by atoms with Crippen LogP contribution in [0.5, 0.6) is 0 Å². The van der Waals surface area contributed by atoms with Crippen LogP contribution in [0.25, 0.3) is 11.0 Å². The molecular weight excluding hydrogens is 218 g/mol. The second-order valence-corrected chi connectivity index (χ2v) is 4.85. The highest BCUT2D eigenvalue weighted by Gasteiger charge is 2.14. The van der Waals surface area contributed by atoms with Crippen LogP contribution in [-0.4, -0.2) is 19.1 Å². The van der Waals surface area contributed by atoms with Crippen molar-refractivity contribution >= 4 is 22.7 Å². The average Bonchev–Trinajstić information content (AvgIpc) is 2.71. The summed E-state index contributed by atoms with van der Waals surface area (Å²) in [5, 5.41) is 4.48. The molecule has 0 aliphatic carbocycles. The van der Waals surface area contributed by atoms with Crippen LogP contribution in [0.15, 0.2) is 28.7 Å². The largest absolute Gasteiger partial charge is 0.459 e. The van der Waals surface area contributed by atoms with E-state index < -0.39 is 0 Å². The van der Waals surface area contributed by atoms with Gasteiger partial charge in [0, 0.05) is 11.1 Å². The average molecular weight is 235 g/mol. The topological polar surface area (TPSA) is 25.2 Å². The van der Waals surface area contributed by atoms with Gasteiger partial charge in [-0.2, -0.15) is 11.8 Å². The lowest BCUT2D eigenvalue weighted by Crippen LogP contribution is -2.17. The summed E-state index contributed by atoms with van der Waals surface area (Å²) in [6.07, 6.45) is 2.11. The maximum absolute atomic E-state index is 5.93. The van der Waals surface area contributed by atoms with Crippen LogP contribution in [0.4, 0.5) is 0 Å². The minimum Gasteiger partial charge on any atom is -0.459 e. The van der Waals surface area contributed by atoms with E-state index in [-0.39, 0.29) is 0 Å². The minimum absolute atomic E-state index is 0.293. The molecule has 2 rings (SSSR count). The van der Waals surface area contributed by atoms with E-state index in [0.29, 0.717) is 6.04 Å². The zero-order valence-electron chi connectivity index (χ0n) is 9.91. The molecule has 86 valence electrons. The third kappa shape index (κ3) is 2.11. The lowest BCUT2D eigenvalue weighted by molar-refractivity contribution is 0.478. The second kappa shape index (κ2) is 4.93. The molecule has 1 atom stereocenters. The summed E-state index contributed by atoms with van der Waals surface area (Å²) >= 11 is 1.82. The zero-order valence-corrected chi connectivity index (χ0v) is 10.7. The van der Waals surface area contributed by atoms with E-state index in [1.807, 2.05) is 18.8 Å². The fourth-order valence-corrected chi connectivity index (χ4v) is 2.54. The minimum atomic E-state index is 0.293. The first-order chi connectivity index (χ1) is 7.76.